The number of hydrogen-bond acceptors (Lipinski definition) is 4. The molecule has 4 N–H and O–H groups in total. The molecule has 0 bridgehead atoms. The summed E-state index contributed by atoms with van der Waals surface area (Å²) in [5, 5.41) is 3.86. The number of para-hydroxylation sites is 1. The Morgan fingerprint density at radius 3 is 2.53 bits per heavy atom. The molecule has 6 nitrogen and oxygen atoms in total. The summed E-state index contributed by atoms with van der Waals surface area (Å²) in [5.41, 5.74) is 9.05. The second-order valence-corrected chi connectivity index (χ2v) is 7.64. The molecule has 0 aliphatic rings. The van der Waals surface area contributed by atoms with E-state index in [0.717, 1.165) is 28.5 Å². The number of benzene rings is 2. The highest BCUT2D eigenvalue weighted by molar-refractivity contribution is 5.89. The number of carbonyl (C=O) groups is 2. The largest absolute Gasteiger partial charge is 0.459 e. The van der Waals surface area contributed by atoms with Crippen LogP contribution in [0, 0.1) is 5.92 Å². The Balaban J connectivity index is 1.63. The third kappa shape index (κ3) is 5.27. The van der Waals surface area contributed by atoms with Gasteiger partial charge in [0.15, 0.2) is 0 Å². The first kappa shape index (κ1) is 21.6. The van der Waals surface area contributed by atoms with E-state index >= 15 is 0 Å². The van der Waals surface area contributed by atoms with Gasteiger partial charge in [-0.15, -0.1) is 0 Å². The van der Waals surface area contributed by atoms with Gasteiger partial charge in [-0.25, -0.2) is 4.79 Å². The van der Waals surface area contributed by atoms with E-state index in [1.807, 2.05) is 74.6 Å². The minimum atomic E-state index is -0.766. The van der Waals surface area contributed by atoms with Crippen LogP contribution in [0.3, 0.4) is 0 Å². The van der Waals surface area contributed by atoms with E-state index in [2.05, 4.69) is 10.3 Å². The van der Waals surface area contributed by atoms with Crippen LogP contribution in [-0.2, 0) is 27.4 Å². The molecule has 1 heterocycles. The van der Waals surface area contributed by atoms with Crippen molar-refractivity contribution in [1.29, 1.82) is 0 Å². The molecule has 0 radical (unpaired) electrons. The predicted octanol–water partition coefficient (Wildman–Crippen LogP) is 3.31. The molecule has 0 aliphatic carbocycles. The first-order valence-corrected chi connectivity index (χ1v) is 10.3. The van der Waals surface area contributed by atoms with Crippen LogP contribution in [0.4, 0.5) is 0 Å². The molecular weight excluding hydrogens is 378 g/mol. The summed E-state index contributed by atoms with van der Waals surface area (Å²) in [6, 6.07) is 15.8. The molecule has 30 heavy (non-hydrogen) atoms. The van der Waals surface area contributed by atoms with E-state index in [1.165, 1.54) is 0 Å². The van der Waals surface area contributed by atoms with Gasteiger partial charge in [-0.3, -0.25) is 4.79 Å². The topological polar surface area (TPSA) is 97.2 Å². The predicted molar refractivity (Wildman–Crippen MR) is 118 cm³/mol. The lowest BCUT2D eigenvalue weighted by Gasteiger charge is -2.24. The SMILES string of the molecule is CCC(C)C(NC(=O)C(N)Cc1c[nH]c2ccccc12)C(=O)OCc1ccccc1. The maximum absolute atomic E-state index is 12.8. The Labute approximate surface area is 176 Å². The zero-order valence-electron chi connectivity index (χ0n) is 17.4. The second kappa shape index (κ2) is 10.1. The number of nitrogens with two attached hydrogens (primary N) is 1. The molecule has 3 atom stereocenters. The van der Waals surface area contributed by atoms with Gasteiger partial charge in [0.1, 0.15) is 12.6 Å². The van der Waals surface area contributed by atoms with E-state index in [0.29, 0.717) is 6.42 Å². The Bertz CT molecular complexity index is 984. The number of aromatic amines is 1. The highest BCUT2D eigenvalue weighted by atomic mass is 16.5. The number of H-pyrrole nitrogens is 1. The van der Waals surface area contributed by atoms with E-state index in [4.69, 9.17) is 10.5 Å². The van der Waals surface area contributed by atoms with Gasteiger partial charge in [0, 0.05) is 17.1 Å². The number of carbonyl (C=O) groups excluding carboxylic acids is 2. The normalized spacial score (nSPS) is 14.1. The van der Waals surface area contributed by atoms with Crippen LogP contribution in [0.5, 0.6) is 0 Å². The fourth-order valence-electron chi connectivity index (χ4n) is 3.38. The van der Waals surface area contributed by atoms with Crippen LogP contribution in [0.2, 0.25) is 0 Å². The fraction of sp³-hybridized carbons (Fsp3) is 0.333. The summed E-state index contributed by atoms with van der Waals surface area (Å²) in [4.78, 5) is 28.6. The maximum Gasteiger partial charge on any atom is 0.329 e. The molecule has 0 fully saturated rings. The number of ether oxygens (including phenoxy) is 1. The van der Waals surface area contributed by atoms with Gasteiger partial charge in [0.25, 0.3) is 0 Å². The lowest BCUT2D eigenvalue weighted by Crippen LogP contribution is -2.52. The summed E-state index contributed by atoms with van der Waals surface area (Å²) < 4.78 is 5.46. The zero-order valence-corrected chi connectivity index (χ0v) is 17.4. The zero-order chi connectivity index (χ0) is 21.5. The highest BCUT2D eigenvalue weighted by Gasteiger charge is 2.29. The molecule has 158 valence electrons. The Morgan fingerprint density at radius 1 is 1.10 bits per heavy atom. The lowest BCUT2D eigenvalue weighted by molar-refractivity contribution is -0.150. The van der Waals surface area contributed by atoms with Gasteiger partial charge in [-0.2, -0.15) is 0 Å². The van der Waals surface area contributed by atoms with E-state index in [1.54, 1.807) is 0 Å². The van der Waals surface area contributed by atoms with Gasteiger partial charge in [0.05, 0.1) is 6.04 Å². The van der Waals surface area contributed by atoms with Gasteiger partial charge < -0.3 is 20.8 Å². The summed E-state index contributed by atoms with van der Waals surface area (Å²) in [7, 11) is 0. The molecule has 3 unspecified atom stereocenters. The number of hydrogen-bond donors (Lipinski definition) is 3. The fourth-order valence-corrected chi connectivity index (χ4v) is 3.38. The van der Waals surface area contributed by atoms with Crippen LogP contribution in [0.15, 0.2) is 60.8 Å². The minimum absolute atomic E-state index is 0.0717. The van der Waals surface area contributed by atoms with Gasteiger partial charge >= 0.3 is 5.97 Å². The van der Waals surface area contributed by atoms with Crippen molar-refractivity contribution in [3.63, 3.8) is 0 Å². The van der Waals surface area contributed by atoms with Gasteiger partial charge in [-0.05, 0) is 29.5 Å². The van der Waals surface area contributed by atoms with Crippen molar-refractivity contribution in [3.05, 3.63) is 71.9 Å². The number of esters is 1. The van der Waals surface area contributed by atoms with Crippen LogP contribution in [0.1, 0.15) is 31.4 Å². The van der Waals surface area contributed by atoms with Crippen molar-refractivity contribution in [1.82, 2.24) is 10.3 Å². The van der Waals surface area contributed by atoms with Crippen molar-refractivity contribution >= 4 is 22.8 Å². The van der Waals surface area contributed by atoms with Crippen molar-refractivity contribution in [3.8, 4) is 0 Å². The number of fused-ring (bicyclic) bond motifs is 1. The summed E-state index contributed by atoms with van der Waals surface area (Å²) in [6.45, 7) is 4.06. The highest BCUT2D eigenvalue weighted by Crippen LogP contribution is 2.19. The summed E-state index contributed by atoms with van der Waals surface area (Å²) >= 11 is 0. The molecular formula is C24H29N3O3. The maximum atomic E-state index is 12.8. The minimum Gasteiger partial charge on any atom is -0.459 e. The molecule has 0 saturated carbocycles. The molecule has 0 saturated heterocycles. The molecule has 0 aliphatic heterocycles. The molecule has 1 aromatic heterocycles. The molecule has 0 spiro atoms. The monoisotopic (exact) mass is 407 g/mol. The van der Waals surface area contributed by atoms with E-state index < -0.39 is 18.1 Å². The molecule has 1 amide bonds. The smallest absolute Gasteiger partial charge is 0.329 e. The second-order valence-electron chi connectivity index (χ2n) is 7.64. The standard InChI is InChI=1S/C24H29N3O3/c1-3-16(2)22(24(29)30-15-17-9-5-4-6-10-17)27-23(28)20(25)13-18-14-26-21-12-8-7-11-19(18)21/h4-12,14,16,20,22,26H,3,13,15,25H2,1-2H3,(H,27,28). The first-order valence-electron chi connectivity index (χ1n) is 10.3. The Hall–Kier alpha value is -3.12. The van der Waals surface area contributed by atoms with Crippen molar-refractivity contribution in [2.75, 3.05) is 0 Å². The van der Waals surface area contributed by atoms with Crippen molar-refractivity contribution in [2.45, 2.75) is 45.4 Å². The van der Waals surface area contributed by atoms with E-state index in [9.17, 15) is 9.59 Å². The molecule has 6 heteroatoms. The molecule has 3 rings (SSSR count). The molecule has 3 aromatic rings. The van der Waals surface area contributed by atoms with Crippen molar-refractivity contribution < 1.29 is 14.3 Å². The van der Waals surface area contributed by atoms with Gasteiger partial charge in [-0.1, -0.05) is 68.8 Å². The Kier molecular flexibility index (Phi) is 7.25. The van der Waals surface area contributed by atoms with Crippen LogP contribution < -0.4 is 11.1 Å². The molecule has 2 aromatic carbocycles. The lowest BCUT2D eigenvalue weighted by atomic mass is 9.98. The number of nitrogens with one attached hydrogen (secondary N) is 2. The average molecular weight is 408 g/mol. The van der Waals surface area contributed by atoms with Gasteiger partial charge in [0.2, 0.25) is 5.91 Å². The van der Waals surface area contributed by atoms with Crippen molar-refractivity contribution in [2.24, 2.45) is 11.7 Å². The average Bonchev–Trinajstić information content (AvgIpc) is 3.18. The Morgan fingerprint density at radius 2 is 1.80 bits per heavy atom. The van der Waals surface area contributed by atoms with E-state index in [-0.39, 0.29) is 18.4 Å². The number of rotatable bonds is 9. The summed E-state index contributed by atoms with van der Waals surface area (Å²) in [6.07, 6.45) is 2.98. The van der Waals surface area contributed by atoms with Crippen LogP contribution in [0.25, 0.3) is 10.9 Å². The third-order valence-electron chi connectivity index (χ3n) is 5.44. The van der Waals surface area contributed by atoms with Crippen LogP contribution >= 0.6 is 0 Å². The number of aromatic nitrogens is 1. The van der Waals surface area contributed by atoms with Crippen LogP contribution in [-0.4, -0.2) is 28.9 Å². The summed E-state index contributed by atoms with van der Waals surface area (Å²) in [5.74, 6) is -0.874. The quantitative estimate of drug-likeness (QED) is 0.474. The number of amides is 1. The first-order chi connectivity index (χ1) is 14.5. The third-order valence-corrected chi connectivity index (χ3v) is 5.44.